The molecular weight excluding hydrogens is 328 g/mol. The quantitative estimate of drug-likeness (QED) is 0.840. The lowest BCUT2D eigenvalue weighted by molar-refractivity contribution is -0.129. The molecule has 0 aliphatic rings. The standard InChI is InChI=1S/C18H21ClN2O3/c1-11(2)17(21-12(3)22)18(23)20-10-15-8-9-16(24-15)13-4-6-14(19)7-5-13/h4-9,11,17H,10H2,1-3H3,(H,20,23)(H,21,22)/t17-/m0/s1. The maximum absolute atomic E-state index is 12.2. The predicted molar refractivity (Wildman–Crippen MR) is 93.4 cm³/mol. The van der Waals surface area contributed by atoms with Crippen LogP contribution in [0.15, 0.2) is 40.8 Å². The maximum Gasteiger partial charge on any atom is 0.243 e. The minimum absolute atomic E-state index is 0.00451. The average Bonchev–Trinajstić information content (AvgIpc) is 2.99. The van der Waals surface area contributed by atoms with E-state index in [9.17, 15) is 9.59 Å². The van der Waals surface area contributed by atoms with E-state index >= 15 is 0 Å². The van der Waals surface area contributed by atoms with Gasteiger partial charge in [0.2, 0.25) is 11.8 Å². The van der Waals surface area contributed by atoms with Crippen molar-refractivity contribution in [3.05, 3.63) is 47.2 Å². The highest BCUT2D eigenvalue weighted by atomic mass is 35.5. The normalized spacial score (nSPS) is 12.0. The van der Waals surface area contributed by atoms with Crippen LogP contribution in [0.25, 0.3) is 11.3 Å². The fourth-order valence-corrected chi connectivity index (χ4v) is 2.41. The largest absolute Gasteiger partial charge is 0.459 e. The van der Waals surface area contributed by atoms with Crippen LogP contribution < -0.4 is 10.6 Å². The number of benzene rings is 1. The van der Waals surface area contributed by atoms with Crippen LogP contribution in [0, 0.1) is 5.92 Å². The number of carbonyl (C=O) groups excluding carboxylic acids is 2. The van der Waals surface area contributed by atoms with Crippen LogP contribution in [-0.4, -0.2) is 17.9 Å². The van der Waals surface area contributed by atoms with E-state index in [0.717, 1.165) is 5.56 Å². The second-order valence-electron chi connectivity index (χ2n) is 5.91. The average molecular weight is 349 g/mol. The van der Waals surface area contributed by atoms with Crippen molar-refractivity contribution in [1.29, 1.82) is 0 Å². The van der Waals surface area contributed by atoms with Crippen molar-refractivity contribution in [1.82, 2.24) is 10.6 Å². The molecule has 5 nitrogen and oxygen atoms in total. The van der Waals surface area contributed by atoms with Gasteiger partial charge in [-0.25, -0.2) is 0 Å². The second-order valence-corrected chi connectivity index (χ2v) is 6.35. The molecule has 0 spiro atoms. The summed E-state index contributed by atoms with van der Waals surface area (Å²) in [6, 6.07) is 10.4. The number of nitrogens with one attached hydrogen (secondary N) is 2. The molecule has 1 aromatic heterocycles. The number of hydrogen-bond acceptors (Lipinski definition) is 3. The van der Waals surface area contributed by atoms with Crippen molar-refractivity contribution in [3.63, 3.8) is 0 Å². The Morgan fingerprint density at radius 2 is 1.79 bits per heavy atom. The Bertz CT molecular complexity index is 707. The van der Waals surface area contributed by atoms with E-state index in [0.29, 0.717) is 16.5 Å². The molecule has 1 aromatic carbocycles. The van der Waals surface area contributed by atoms with Crippen LogP contribution in [0.5, 0.6) is 0 Å². The van der Waals surface area contributed by atoms with E-state index in [1.165, 1.54) is 6.92 Å². The molecule has 2 rings (SSSR count). The number of amides is 2. The minimum atomic E-state index is -0.562. The molecule has 2 amide bonds. The summed E-state index contributed by atoms with van der Waals surface area (Å²) in [6.45, 7) is 5.42. The number of hydrogen-bond donors (Lipinski definition) is 2. The fourth-order valence-electron chi connectivity index (χ4n) is 2.28. The van der Waals surface area contributed by atoms with Gasteiger partial charge in [-0.2, -0.15) is 0 Å². The number of furan rings is 1. The Labute approximate surface area is 146 Å². The monoisotopic (exact) mass is 348 g/mol. The molecule has 0 aliphatic heterocycles. The first-order valence-corrected chi connectivity index (χ1v) is 8.14. The Morgan fingerprint density at radius 3 is 2.38 bits per heavy atom. The molecule has 2 aromatic rings. The van der Waals surface area contributed by atoms with Gasteiger partial charge >= 0.3 is 0 Å². The molecule has 0 saturated heterocycles. The first kappa shape index (κ1) is 18.1. The molecule has 0 bridgehead atoms. The van der Waals surface area contributed by atoms with Gasteiger partial charge in [-0.1, -0.05) is 25.4 Å². The summed E-state index contributed by atoms with van der Waals surface area (Å²) >= 11 is 5.87. The SMILES string of the molecule is CC(=O)N[C@H](C(=O)NCc1ccc(-c2ccc(Cl)cc2)o1)C(C)C. The number of rotatable bonds is 6. The van der Waals surface area contributed by atoms with Crippen LogP contribution in [0.1, 0.15) is 26.5 Å². The minimum Gasteiger partial charge on any atom is -0.459 e. The van der Waals surface area contributed by atoms with Crippen LogP contribution in [-0.2, 0) is 16.1 Å². The first-order valence-electron chi connectivity index (χ1n) is 7.76. The molecule has 0 unspecified atom stereocenters. The summed E-state index contributed by atoms with van der Waals surface area (Å²) in [4.78, 5) is 23.4. The zero-order valence-corrected chi connectivity index (χ0v) is 14.7. The van der Waals surface area contributed by atoms with Crippen LogP contribution in [0.3, 0.4) is 0 Å². The summed E-state index contributed by atoms with van der Waals surface area (Å²) in [5.74, 6) is 0.878. The molecule has 1 atom stereocenters. The van der Waals surface area contributed by atoms with Gasteiger partial charge < -0.3 is 15.1 Å². The van der Waals surface area contributed by atoms with Gasteiger partial charge in [-0.3, -0.25) is 9.59 Å². The highest BCUT2D eigenvalue weighted by Crippen LogP contribution is 2.23. The highest BCUT2D eigenvalue weighted by molar-refractivity contribution is 6.30. The van der Waals surface area contributed by atoms with Crippen LogP contribution in [0.2, 0.25) is 5.02 Å². The van der Waals surface area contributed by atoms with Crippen molar-refractivity contribution in [2.75, 3.05) is 0 Å². The van der Waals surface area contributed by atoms with Crippen LogP contribution in [0.4, 0.5) is 0 Å². The highest BCUT2D eigenvalue weighted by Gasteiger charge is 2.22. The van der Waals surface area contributed by atoms with Gasteiger partial charge in [0.15, 0.2) is 0 Å². The van der Waals surface area contributed by atoms with E-state index in [-0.39, 0.29) is 24.3 Å². The van der Waals surface area contributed by atoms with Crippen molar-refractivity contribution in [3.8, 4) is 11.3 Å². The van der Waals surface area contributed by atoms with E-state index in [1.54, 1.807) is 12.1 Å². The van der Waals surface area contributed by atoms with E-state index in [4.69, 9.17) is 16.0 Å². The lowest BCUT2D eigenvalue weighted by Gasteiger charge is -2.20. The molecule has 128 valence electrons. The maximum atomic E-state index is 12.2. The van der Waals surface area contributed by atoms with Crippen molar-refractivity contribution < 1.29 is 14.0 Å². The summed E-state index contributed by atoms with van der Waals surface area (Å²) in [5, 5.41) is 6.11. The third-order valence-corrected chi connectivity index (χ3v) is 3.79. The van der Waals surface area contributed by atoms with Crippen molar-refractivity contribution >= 4 is 23.4 Å². The molecule has 0 fully saturated rings. The van der Waals surface area contributed by atoms with Gasteiger partial charge in [-0.15, -0.1) is 0 Å². The lowest BCUT2D eigenvalue weighted by atomic mass is 10.0. The Kier molecular flexibility index (Phi) is 6.04. The van der Waals surface area contributed by atoms with Gasteiger partial charge in [0.1, 0.15) is 17.6 Å². The summed E-state index contributed by atoms with van der Waals surface area (Å²) < 4.78 is 5.74. The van der Waals surface area contributed by atoms with Gasteiger partial charge in [0, 0.05) is 17.5 Å². The zero-order valence-electron chi connectivity index (χ0n) is 13.9. The predicted octanol–water partition coefficient (Wildman–Crippen LogP) is 3.38. The molecule has 1 heterocycles. The molecule has 0 radical (unpaired) electrons. The molecular formula is C18H21ClN2O3. The smallest absolute Gasteiger partial charge is 0.243 e. The van der Waals surface area contributed by atoms with Crippen molar-refractivity contribution in [2.45, 2.75) is 33.4 Å². The zero-order chi connectivity index (χ0) is 17.7. The summed E-state index contributed by atoms with van der Waals surface area (Å²) in [5.41, 5.74) is 0.912. The van der Waals surface area contributed by atoms with Gasteiger partial charge in [0.25, 0.3) is 0 Å². The molecule has 0 saturated carbocycles. The summed E-state index contributed by atoms with van der Waals surface area (Å²) in [6.07, 6.45) is 0. The molecule has 24 heavy (non-hydrogen) atoms. The fraction of sp³-hybridized carbons (Fsp3) is 0.333. The Hall–Kier alpha value is -2.27. The lowest BCUT2D eigenvalue weighted by Crippen LogP contribution is -2.48. The van der Waals surface area contributed by atoms with Gasteiger partial charge in [0.05, 0.1) is 6.54 Å². The third-order valence-electron chi connectivity index (χ3n) is 3.54. The number of halogens is 1. The Balaban J connectivity index is 1.98. The molecule has 6 heteroatoms. The van der Waals surface area contributed by atoms with E-state index in [2.05, 4.69) is 10.6 Å². The van der Waals surface area contributed by atoms with E-state index < -0.39 is 6.04 Å². The van der Waals surface area contributed by atoms with Crippen LogP contribution >= 0.6 is 11.6 Å². The number of carbonyl (C=O) groups is 2. The first-order chi connectivity index (χ1) is 11.4. The second kappa shape index (κ2) is 8.02. The Morgan fingerprint density at radius 1 is 1.12 bits per heavy atom. The molecule has 0 aliphatic carbocycles. The topological polar surface area (TPSA) is 71.3 Å². The van der Waals surface area contributed by atoms with Gasteiger partial charge in [-0.05, 0) is 42.3 Å². The van der Waals surface area contributed by atoms with Crippen molar-refractivity contribution in [2.24, 2.45) is 5.92 Å². The summed E-state index contributed by atoms with van der Waals surface area (Å²) in [7, 11) is 0. The third kappa shape index (κ3) is 4.86. The van der Waals surface area contributed by atoms with E-state index in [1.807, 2.05) is 38.1 Å². The molecule has 2 N–H and O–H groups in total.